The molecular weight excluding hydrogens is 318 g/mol. The fraction of sp³-hybridized carbons (Fsp3) is 0.556. The smallest absolute Gasteiger partial charge is 0.293 e. The van der Waals surface area contributed by atoms with Gasteiger partial charge in [0.2, 0.25) is 0 Å². The lowest BCUT2D eigenvalue weighted by atomic mass is 9.89. The summed E-state index contributed by atoms with van der Waals surface area (Å²) in [4.78, 5) is 12.5. The number of quaternary nitrogens is 1. The van der Waals surface area contributed by atoms with Gasteiger partial charge >= 0.3 is 0 Å². The van der Waals surface area contributed by atoms with Gasteiger partial charge in [0.1, 0.15) is 23.9 Å². The number of piperidine rings is 2. The van der Waals surface area contributed by atoms with Crippen molar-refractivity contribution in [2.75, 3.05) is 18.4 Å². The van der Waals surface area contributed by atoms with Crippen LogP contribution in [-0.4, -0.2) is 30.1 Å². The Morgan fingerprint density at radius 3 is 2.60 bits per heavy atom. The highest BCUT2D eigenvalue weighted by Crippen LogP contribution is 2.28. The van der Waals surface area contributed by atoms with E-state index in [-0.39, 0.29) is 16.8 Å². The lowest BCUT2D eigenvalue weighted by Gasteiger charge is -2.42. The number of anilines is 1. The molecule has 0 radical (unpaired) electrons. The predicted octanol–water partition coefficient (Wildman–Crippen LogP) is 1.74. The lowest BCUT2D eigenvalue weighted by Crippen LogP contribution is -3.21. The fourth-order valence-corrected chi connectivity index (χ4v) is 4.30. The van der Waals surface area contributed by atoms with Crippen molar-refractivity contribution in [3.63, 3.8) is 0 Å². The quantitative estimate of drug-likeness (QED) is 0.641. The van der Waals surface area contributed by atoms with Crippen molar-refractivity contribution in [2.45, 2.75) is 50.6 Å². The molecule has 2 aliphatic rings. The molecule has 3 atom stereocenters. The van der Waals surface area contributed by atoms with Crippen molar-refractivity contribution in [1.82, 2.24) is 0 Å². The van der Waals surface area contributed by atoms with Gasteiger partial charge in [-0.25, -0.2) is 0 Å². The van der Waals surface area contributed by atoms with E-state index >= 15 is 0 Å². The third-order valence-corrected chi connectivity index (χ3v) is 5.53. The Morgan fingerprint density at radius 2 is 1.88 bits per heavy atom. The monoisotopic (exact) mass is 340 g/mol. The van der Waals surface area contributed by atoms with Crippen LogP contribution in [0.15, 0.2) is 12.1 Å². The summed E-state index contributed by atoms with van der Waals surface area (Å²) in [5.74, 6) is 0. The van der Waals surface area contributed by atoms with Crippen LogP contribution in [0.1, 0.15) is 49.7 Å². The number of nitrogens with zero attached hydrogens (tertiary/aromatic N) is 3. The highest BCUT2D eigenvalue weighted by Gasteiger charge is 2.36. The standard InChI is InChI=1S/C18H21N5O2/c19-10-13-8-17(18(23(24)25)9-14(13)11-20)21-12-16-6-3-5-15-4-1-2-7-22(15)16/h8-9,15-16,21H,1-7,12H2/p+1/t15-,16-/m0/s1. The van der Waals surface area contributed by atoms with Crippen LogP contribution in [0.3, 0.4) is 0 Å². The molecule has 0 amide bonds. The molecule has 7 nitrogen and oxygen atoms in total. The maximum Gasteiger partial charge on any atom is 0.293 e. The van der Waals surface area contributed by atoms with Crippen molar-refractivity contribution in [3.8, 4) is 12.1 Å². The van der Waals surface area contributed by atoms with Crippen LogP contribution in [0.5, 0.6) is 0 Å². The number of rotatable bonds is 4. The normalized spacial score (nSPS) is 25.3. The molecule has 2 aliphatic heterocycles. The van der Waals surface area contributed by atoms with E-state index in [9.17, 15) is 15.4 Å². The molecule has 1 aromatic rings. The Hall–Kier alpha value is -2.64. The summed E-state index contributed by atoms with van der Waals surface area (Å²) >= 11 is 0. The summed E-state index contributed by atoms with van der Waals surface area (Å²) in [6.07, 6.45) is 7.44. The van der Waals surface area contributed by atoms with E-state index in [1.165, 1.54) is 50.8 Å². The second-order valence-electron chi connectivity index (χ2n) is 6.92. The average Bonchev–Trinajstić information content (AvgIpc) is 2.65. The minimum Gasteiger partial charge on any atom is -0.374 e. The summed E-state index contributed by atoms with van der Waals surface area (Å²) in [5, 5.41) is 32.8. The molecule has 2 saturated heterocycles. The number of nitrogens with one attached hydrogen (secondary N) is 2. The molecular formula is C18H22N5O2+. The Labute approximate surface area is 147 Å². The van der Waals surface area contributed by atoms with Gasteiger partial charge in [0.15, 0.2) is 0 Å². The number of benzene rings is 1. The van der Waals surface area contributed by atoms with Crippen LogP contribution >= 0.6 is 0 Å². The van der Waals surface area contributed by atoms with Gasteiger partial charge in [-0.05, 0) is 38.2 Å². The number of nitro groups is 1. The fourth-order valence-electron chi connectivity index (χ4n) is 4.30. The zero-order valence-electron chi connectivity index (χ0n) is 14.1. The molecule has 7 heteroatoms. The van der Waals surface area contributed by atoms with Crippen molar-refractivity contribution in [2.24, 2.45) is 0 Å². The predicted molar refractivity (Wildman–Crippen MR) is 92.1 cm³/mol. The molecule has 3 rings (SSSR count). The molecule has 0 bridgehead atoms. The summed E-state index contributed by atoms with van der Waals surface area (Å²) in [7, 11) is 0. The maximum absolute atomic E-state index is 11.3. The molecule has 0 spiro atoms. The Balaban J connectivity index is 1.79. The van der Waals surface area contributed by atoms with E-state index in [4.69, 9.17) is 5.26 Å². The van der Waals surface area contributed by atoms with Crippen molar-refractivity contribution < 1.29 is 9.82 Å². The second kappa shape index (κ2) is 7.50. The number of hydrogen-bond acceptors (Lipinski definition) is 5. The number of hydrogen-bond donors (Lipinski definition) is 2. The number of fused-ring (bicyclic) bond motifs is 1. The van der Waals surface area contributed by atoms with Crippen LogP contribution in [0, 0.1) is 32.8 Å². The first-order valence-corrected chi connectivity index (χ1v) is 8.86. The molecule has 1 aromatic carbocycles. The third kappa shape index (κ3) is 3.57. The minimum atomic E-state index is -0.498. The molecule has 0 aliphatic carbocycles. The van der Waals surface area contributed by atoms with E-state index in [0.717, 1.165) is 12.5 Å². The molecule has 2 heterocycles. The Morgan fingerprint density at radius 1 is 1.16 bits per heavy atom. The van der Waals surface area contributed by atoms with E-state index in [2.05, 4.69) is 5.32 Å². The lowest BCUT2D eigenvalue weighted by molar-refractivity contribution is -0.958. The van der Waals surface area contributed by atoms with Crippen LogP contribution < -0.4 is 10.2 Å². The highest BCUT2D eigenvalue weighted by molar-refractivity contribution is 5.68. The van der Waals surface area contributed by atoms with Crippen molar-refractivity contribution in [3.05, 3.63) is 33.4 Å². The summed E-state index contributed by atoms with van der Waals surface area (Å²) < 4.78 is 0. The molecule has 25 heavy (non-hydrogen) atoms. The highest BCUT2D eigenvalue weighted by atomic mass is 16.6. The molecule has 0 saturated carbocycles. The zero-order valence-corrected chi connectivity index (χ0v) is 14.1. The van der Waals surface area contributed by atoms with Gasteiger partial charge in [-0.15, -0.1) is 0 Å². The molecule has 1 unspecified atom stereocenters. The first-order chi connectivity index (χ1) is 12.1. The van der Waals surface area contributed by atoms with E-state index in [0.29, 0.717) is 18.3 Å². The van der Waals surface area contributed by atoms with E-state index in [1.54, 1.807) is 4.90 Å². The topological polar surface area (TPSA) is 107 Å². The largest absolute Gasteiger partial charge is 0.374 e. The molecule has 2 fully saturated rings. The molecule has 130 valence electrons. The Kier molecular flexibility index (Phi) is 5.16. The van der Waals surface area contributed by atoms with Gasteiger partial charge in [0, 0.05) is 12.5 Å². The zero-order chi connectivity index (χ0) is 17.8. The maximum atomic E-state index is 11.3. The average molecular weight is 340 g/mol. The first kappa shape index (κ1) is 17.2. The van der Waals surface area contributed by atoms with Gasteiger partial charge in [0.25, 0.3) is 5.69 Å². The van der Waals surface area contributed by atoms with E-state index in [1.807, 2.05) is 12.1 Å². The molecule has 0 aromatic heterocycles. The van der Waals surface area contributed by atoms with Crippen LogP contribution in [0.4, 0.5) is 11.4 Å². The van der Waals surface area contributed by atoms with Crippen molar-refractivity contribution >= 4 is 11.4 Å². The van der Waals surface area contributed by atoms with E-state index < -0.39 is 4.92 Å². The van der Waals surface area contributed by atoms with Gasteiger partial charge in [0.05, 0.1) is 35.2 Å². The van der Waals surface area contributed by atoms with Crippen LogP contribution in [0.2, 0.25) is 0 Å². The second-order valence-corrected chi connectivity index (χ2v) is 6.92. The summed E-state index contributed by atoms with van der Waals surface area (Å²) in [6, 6.07) is 7.59. The first-order valence-electron chi connectivity index (χ1n) is 8.86. The number of nitriles is 2. The Bertz CT molecular complexity index is 747. The molecule has 2 N–H and O–H groups in total. The third-order valence-electron chi connectivity index (χ3n) is 5.53. The van der Waals surface area contributed by atoms with Crippen molar-refractivity contribution in [1.29, 1.82) is 10.5 Å². The van der Waals surface area contributed by atoms with Crippen LogP contribution in [0.25, 0.3) is 0 Å². The number of nitro benzene ring substituents is 1. The minimum absolute atomic E-state index is 0.0409. The van der Waals surface area contributed by atoms with Crippen LogP contribution in [-0.2, 0) is 0 Å². The summed E-state index contributed by atoms with van der Waals surface area (Å²) in [6.45, 7) is 1.83. The van der Waals surface area contributed by atoms with Gasteiger partial charge < -0.3 is 10.2 Å². The van der Waals surface area contributed by atoms with Gasteiger partial charge in [-0.3, -0.25) is 10.1 Å². The SMILES string of the molecule is N#Cc1cc(NC[C@@H]2CCC[C@@H]3CCCC[NH+]32)c([N+](=O)[O-])cc1C#N. The summed E-state index contributed by atoms with van der Waals surface area (Å²) in [5.41, 5.74) is 0.400. The van der Waals surface area contributed by atoms with Gasteiger partial charge in [-0.1, -0.05) is 0 Å². The van der Waals surface area contributed by atoms with Gasteiger partial charge in [-0.2, -0.15) is 10.5 Å².